The molecule has 1 aliphatic rings. The van der Waals surface area contributed by atoms with Gasteiger partial charge in [-0.05, 0) is 71.8 Å². The summed E-state index contributed by atoms with van der Waals surface area (Å²) in [7, 11) is 1.60. The number of carbonyl (C=O) groups is 1. The predicted octanol–water partition coefficient (Wildman–Crippen LogP) is 6.13. The number of amidine groups is 1. The number of amides is 1. The van der Waals surface area contributed by atoms with E-state index in [2.05, 4.69) is 10.3 Å². The van der Waals surface area contributed by atoms with Gasteiger partial charge in [0.2, 0.25) is 0 Å². The number of aliphatic imine (C=N–C) groups is 1. The fourth-order valence-corrected chi connectivity index (χ4v) is 4.18. The summed E-state index contributed by atoms with van der Waals surface area (Å²) >= 11 is 7.30. The lowest BCUT2D eigenvalue weighted by Crippen LogP contribution is -2.19. The summed E-state index contributed by atoms with van der Waals surface area (Å²) in [5.74, 6) is 1.05. The molecule has 1 saturated heterocycles. The van der Waals surface area contributed by atoms with E-state index in [1.165, 1.54) is 11.8 Å². The smallest absolute Gasteiger partial charge is 0.264 e. The van der Waals surface area contributed by atoms with E-state index >= 15 is 0 Å². The Morgan fingerprint density at radius 2 is 1.88 bits per heavy atom. The highest BCUT2D eigenvalue weighted by atomic mass is 35.5. The lowest BCUT2D eigenvalue weighted by Gasteiger charge is -2.11. The summed E-state index contributed by atoms with van der Waals surface area (Å²) in [4.78, 5) is 17.5. The molecule has 0 bridgehead atoms. The van der Waals surface area contributed by atoms with Crippen molar-refractivity contribution in [3.8, 4) is 11.5 Å². The Balaban J connectivity index is 1.50. The Morgan fingerprint density at radius 3 is 2.62 bits per heavy atom. The van der Waals surface area contributed by atoms with Crippen molar-refractivity contribution in [3.63, 3.8) is 0 Å². The lowest BCUT2D eigenvalue weighted by atomic mass is 10.2. The van der Waals surface area contributed by atoms with E-state index in [0.717, 1.165) is 22.4 Å². The largest absolute Gasteiger partial charge is 0.493 e. The maximum absolute atomic E-state index is 12.4. The molecule has 0 unspecified atom stereocenters. The van der Waals surface area contributed by atoms with Crippen molar-refractivity contribution in [1.29, 1.82) is 0 Å². The van der Waals surface area contributed by atoms with Crippen LogP contribution in [0.15, 0.2) is 76.6 Å². The molecule has 5 nitrogen and oxygen atoms in total. The number of rotatable bonds is 6. The van der Waals surface area contributed by atoms with Gasteiger partial charge in [0.25, 0.3) is 5.91 Å². The number of hydrogen-bond acceptors (Lipinski definition) is 5. The van der Waals surface area contributed by atoms with Crippen molar-refractivity contribution in [3.05, 3.63) is 93.3 Å². The Morgan fingerprint density at radius 1 is 1.06 bits per heavy atom. The second-order valence-corrected chi connectivity index (χ2v) is 8.56. The van der Waals surface area contributed by atoms with E-state index in [4.69, 9.17) is 21.1 Å². The quantitative estimate of drug-likeness (QED) is 0.446. The fraction of sp³-hybridized carbons (Fsp3) is 0.120. The number of ether oxygens (including phenoxy) is 2. The third-order valence-electron chi connectivity index (χ3n) is 4.75. The average Bonchev–Trinajstić information content (AvgIpc) is 3.14. The zero-order valence-electron chi connectivity index (χ0n) is 17.6. The number of thioether (sulfide) groups is 1. The van der Waals surface area contributed by atoms with Crippen LogP contribution in [0, 0.1) is 6.92 Å². The van der Waals surface area contributed by atoms with Crippen molar-refractivity contribution in [2.45, 2.75) is 13.5 Å². The second-order valence-electron chi connectivity index (χ2n) is 7.10. The number of nitrogens with zero attached hydrogens (tertiary/aromatic N) is 1. The van der Waals surface area contributed by atoms with E-state index in [9.17, 15) is 4.79 Å². The van der Waals surface area contributed by atoms with Gasteiger partial charge in [-0.25, -0.2) is 4.99 Å². The first-order chi connectivity index (χ1) is 15.5. The van der Waals surface area contributed by atoms with Gasteiger partial charge < -0.3 is 14.8 Å². The zero-order chi connectivity index (χ0) is 22.5. The van der Waals surface area contributed by atoms with Crippen molar-refractivity contribution < 1.29 is 14.3 Å². The monoisotopic (exact) mass is 464 g/mol. The summed E-state index contributed by atoms with van der Waals surface area (Å²) < 4.78 is 11.4. The van der Waals surface area contributed by atoms with Gasteiger partial charge in [0.1, 0.15) is 6.61 Å². The number of aryl methyl sites for hydroxylation is 1. The number of nitrogens with one attached hydrogen (secondary N) is 1. The van der Waals surface area contributed by atoms with Gasteiger partial charge in [0.05, 0.1) is 17.7 Å². The highest BCUT2D eigenvalue weighted by Gasteiger charge is 2.24. The standard InChI is InChI=1S/C25H21ClN2O3S/c1-16-12-19(26)9-10-20(16)27-25-28-24(29)23(32-25)14-18-8-11-21(22(13-18)30-2)31-15-17-6-4-3-5-7-17/h3-14H,15H2,1-2H3,(H,27,28,29)/b23-14-. The molecule has 4 rings (SSSR count). The summed E-state index contributed by atoms with van der Waals surface area (Å²) in [6.07, 6.45) is 1.81. The number of halogens is 1. The molecule has 32 heavy (non-hydrogen) atoms. The molecule has 7 heteroatoms. The first kappa shape index (κ1) is 22.0. The van der Waals surface area contributed by atoms with Crippen LogP contribution >= 0.6 is 23.4 Å². The third kappa shape index (κ3) is 5.33. The van der Waals surface area contributed by atoms with Crippen LogP contribution in [0.4, 0.5) is 5.69 Å². The highest BCUT2D eigenvalue weighted by molar-refractivity contribution is 8.18. The van der Waals surface area contributed by atoms with Crippen LogP contribution in [0.5, 0.6) is 11.5 Å². The maximum atomic E-state index is 12.4. The van der Waals surface area contributed by atoms with Crippen LogP contribution in [-0.4, -0.2) is 18.2 Å². The summed E-state index contributed by atoms with van der Waals surface area (Å²) in [5.41, 5.74) is 3.60. The number of benzene rings is 3. The Kier molecular flexibility index (Phi) is 6.83. The Labute approximate surface area is 196 Å². The fourth-order valence-electron chi connectivity index (χ4n) is 3.11. The van der Waals surface area contributed by atoms with Crippen molar-refractivity contribution in [2.75, 3.05) is 7.11 Å². The van der Waals surface area contributed by atoms with Gasteiger partial charge in [-0.2, -0.15) is 0 Å². The predicted molar refractivity (Wildman–Crippen MR) is 131 cm³/mol. The SMILES string of the molecule is COc1cc(/C=C2\SC(=Nc3ccc(Cl)cc3C)NC2=O)ccc1OCc1ccccc1. The van der Waals surface area contributed by atoms with Crippen LogP contribution in [-0.2, 0) is 11.4 Å². The summed E-state index contributed by atoms with van der Waals surface area (Å²) in [6, 6.07) is 21.0. The molecule has 0 aromatic heterocycles. The molecule has 1 fully saturated rings. The molecule has 0 atom stereocenters. The minimum Gasteiger partial charge on any atom is -0.493 e. The van der Waals surface area contributed by atoms with E-state index < -0.39 is 0 Å². The van der Waals surface area contributed by atoms with E-state index in [0.29, 0.717) is 33.2 Å². The van der Waals surface area contributed by atoms with Gasteiger partial charge in [-0.1, -0.05) is 48.0 Å². The lowest BCUT2D eigenvalue weighted by molar-refractivity contribution is -0.115. The molecule has 3 aromatic carbocycles. The minimum absolute atomic E-state index is 0.191. The minimum atomic E-state index is -0.191. The molecule has 1 heterocycles. The van der Waals surface area contributed by atoms with Gasteiger partial charge in [-0.15, -0.1) is 0 Å². The molecule has 3 aromatic rings. The van der Waals surface area contributed by atoms with Crippen LogP contribution in [0.2, 0.25) is 5.02 Å². The molecular formula is C25H21ClN2O3S. The van der Waals surface area contributed by atoms with Gasteiger partial charge in [0, 0.05) is 5.02 Å². The van der Waals surface area contributed by atoms with Gasteiger partial charge in [-0.3, -0.25) is 4.79 Å². The summed E-state index contributed by atoms with van der Waals surface area (Å²) in [5, 5.41) is 3.99. The van der Waals surface area contributed by atoms with Crippen LogP contribution in [0.25, 0.3) is 6.08 Å². The molecule has 0 aliphatic carbocycles. The maximum Gasteiger partial charge on any atom is 0.264 e. The number of methoxy groups -OCH3 is 1. The zero-order valence-corrected chi connectivity index (χ0v) is 19.2. The van der Waals surface area contributed by atoms with Crippen molar-refractivity contribution >= 4 is 46.2 Å². The molecule has 1 N–H and O–H groups in total. The first-order valence-corrected chi connectivity index (χ1v) is 11.1. The van der Waals surface area contributed by atoms with Crippen LogP contribution < -0.4 is 14.8 Å². The molecule has 0 radical (unpaired) electrons. The topological polar surface area (TPSA) is 59.9 Å². The molecule has 1 aliphatic heterocycles. The first-order valence-electron chi connectivity index (χ1n) is 9.92. The van der Waals surface area contributed by atoms with E-state index in [1.54, 1.807) is 19.3 Å². The molecular weight excluding hydrogens is 444 g/mol. The number of carbonyl (C=O) groups excluding carboxylic acids is 1. The third-order valence-corrected chi connectivity index (χ3v) is 5.90. The molecule has 0 spiro atoms. The Hall–Kier alpha value is -3.22. The van der Waals surface area contributed by atoms with Crippen molar-refractivity contribution in [2.24, 2.45) is 4.99 Å². The molecule has 162 valence electrons. The molecule has 0 saturated carbocycles. The van der Waals surface area contributed by atoms with Crippen molar-refractivity contribution in [1.82, 2.24) is 5.32 Å². The number of hydrogen-bond donors (Lipinski definition) is 1. The normalized spacial score (nSPS) is 15.8. The second kappa shape index (κ2) is 9.94. The molecule has 1 amide bonds. The van der Waals surface area contributed by atoms with E-state index in [1.807, 2.05) is 67.6 Å². The van der Waals surface area contributed by atoms with Gasteiger partial charge >= 0.3 is 0 Å². The average molecular weight is 465 g/mol. The van der Waals surface area contributed by atoms with Crippen LogP contribution in [0.1, 0.15) is 16.7 Å². The van der Waals surface area contributed by atoms with E-state index in [-0.39, 0.29) is 5.91 Å². The summed E-state index contributed by atoms with van der Waals surface area (Å²) in [6.45, 7) is 2.37. The highest BCUT2D eigenvalue weighted by Crippen LogP contribution is 2.33. The van der Waals surface area contributed by atoms with Crippen LogP contribution in [0.3, 0.4) is 0 Å². The Bertz CT molecular complexity index is 1210. The van der Waals surface area contributed by atoms with Gasteiger partial charge in [0.15, 0.2) is 16.7 Å².